The Bertz CT molecular complexity index is 1260. The molecule has 0 saturated carbocycles. The van der Waals surface area contributed by atoms with E-state index in [0.717, 1.165) is 16.5 Å². The number of amides is 1. The molecule has 0 atom stereocenters. The summed E-state index contributed by atoms with van der Waals surface area (Å²) in [6.45, 7) is 3.83. The van der Waals surface area contributed by atoms with Crippen molar-refractivity contribution in [3.63, 3.8) is 0 Å². The second kappa shape index (κ2) is 7.98. The molecule has 4 aromatic rings. The van der Waals surface area contributed by atoms with E-state index in [9.17, 15) is 9.59 Å². The largest absolute Gasteiger partial charge is 0.422 e. The average Bonchev–Trinajstić information content (AvgIpc) is 2.76. The Labute approximate surface area is 168 Å². The maximum atomic E-state index is 12.5. The lowest BCUT2D eigenvalue weighted by Crippen LogP contribution is -2.11. The van der Waals surface area contributed by atoms with Crippen LogP contribution in [0, 0.1) is 0 Å². The highest BCUT2D eigenvalue weighted by atomic mass is 16.4. The molecule has 0 saturated heterocycles. The molecule has 0 aliphatic carbocycles. The van der Waals surface area contributed by atoms with Crippen LogP contribution in [0.4, 0.5) is 5.69 Å². The lowest BCUT2D eigenvalue weighted by atomic mass is 9.98. The van der Waals surface area contributed by atoms with Crippen molar-refractivity contribution in [3.05, 3.63) is 113 Å². The van der Waals surface area contributed by atoms with Gasteiger partial charge in [-0.3, -0.25) is 4.79 Å². The van der Waals surface area contributed by atoms with Crippen LogP contribution in [0.5, 0.6) is 0 Å². The Morgan fingerprint density at radius 3 is 2.41 bits per heavy atom. The van der Waals surface area contributed by atoms with Crippen molar-refractivity contribution in [1.29, 1.82) is 0 Å². The van der Waals surface area contributed by atoms with E-state index in [1.807, 2.05) is 48.5 Å². The molecular weight excluding hydrogens is 362 g/mol. The number of hydrogen-bond donors (Lipinski definition) is 1. The van der Waals surface area contributed by atoms with Crippen LogP contribution < -0.4 is 10.9 Å². The summed E-state index contributed by atoms with van der Waals surface area (Å²) < 4.78 is 5.69. The molecule has 4 heteroatoms. The monoisotopic (exact) mass is 381 g/mol. The van der Waals surface area contributed by atoms with Gasteiger partial charge in [-0.05, 0) is 42.1 Å². The lowest BCUT2D eigenvalue weighted by Gasteiger charge is -2.12. The SMILES string of the molecule is C=CCc1c(-c2cccc(NC(=O)c3ccccc3)c2)oc(=O)c2ccccc12. The summed E-state index contributed by atoms with van der Waals surface area (Å²) in [7, 11) is 0. The van der Waals surface area contributed by atoms with E-state index in [4.69, 9.17) is 4.42 Å². The van der Waals surface area contributed by atoms with Crippen LogP contribution in [0.1, 0.15) is 15.9 Å². The number of hydrogen-bond acceptors (Lipinski definition) is 3. The molecule has 0 unspecified atom stereocenters. The molecule has 0 radical (unpaired) electrons. The maximum Gasteiger partial charge on any atom is 0.344 e. The average molecular weight is 381 g/mol. The third-order valence-electron chi connectivity index (χ3n) is 4.71. The topological polar surface area (TPSA) is 59.3 Å². The standard InChI is InChI=1S/C25H19NO3/c1-2-9-21-20-14-6-7-15-22(20)25(28)29-23(21)18-12-8-13-19(16-18)26-24(27)17-10-4-3-5-11-17/h2-8,10-16H,1,9H2,(H,26,27). The van der Waals surface area contributed by atoms with E-state index < -0.39 is 0 Å². The third kappa shape index (κ3) is 3.73. The van der Waals surface area contributed by atoms with Gasteiger partial charge in [0.15, 0.2) is 0 Å². The van der Waals surface area contributed by atoms with Crippen molar-refractivity contribution in [1.82, 2.24) is 0 Å². The van der Waals surface area contributed by atoms with Gasteiger partial charge in [0.1, 0.15) is 5.76 Å². The predicted octanol–water partition coefficient (Wildman–Crippen LogP) is 5.44. The van der Waals surface area contributed by atoms with Crippen LogP contribution in [0.25, 0.3) is 22.1 Å². The maximum absolute atomic E-state index is 12.5. The van der Waals surface area contributed by atoms with Crippen LogP contribution in [0.15, 0.2) is 101 Å². The molecule has 4 rings (SSSR count). The zero-order chi connectivity index (χ0) is 20.2. The third-order valence-corrected chi connectivity index (χ3v) is 4.71. The zero-order valence-electron chi connectivity index (χ0n) is 15.7. The molecule has 0 aliphatic heterocycles. The molecule has 0 spiro atoms. The molecule has 1 heterocycles. The quantitative estimate of drug-likeness (QED) is 0.468. The Morgan fingerprint density at radius 1 is 0.931 bits per heavy atom. The molecule has 0 fully saturated rings. The number of carbonyl (C=O) groups excluding carboxylic acids is 1. The highest BCUT2D eigenvalue weighted by Crippen LogP contribution is 2.30. The second-order valence-corrected chi connectivity index (χ2v) is 6.64. The molecule has 142 valence electrons. The van der Waals surface area contributed by atoms with Crippen molar-refractivity contribution in [2.45, 2.75) is 6.42 Å². The fourth-order valence-corrected chi connectivity index (χ4v) is 3.37. The molecule has 1 N–H and O–H groups in total. The van der Waals surface area contributed by atoms with E-state index in [1.54, 1.807) is 36.4 Å². The van der Waals surface area contributed by atoms with E-state index in [0.29, 0.717) is 28.8 Å². The second-order valence-electron chi connectivity index (χ2n) is 6.64. The van der Waals surface area contributed by atoms with Crippen LogP contribution >= 0.6 is 0 Å². The summed E-state index contributed by atoms with van der Waals surface area (Å²) in [5.41, 5.74) is 2.42. The highest BCUT2D eigenvalue weighted by molar-refractivity contribution is 6.04. The van der Waals surface area contributed by atoms with Crippen molar-refractivity contribution >= 4 is 22.4 Å². The Hall–Kier alpha value is -3.92. The summed E-state index contributed by atoms with van der Waals surface area (Å²) in [4.78, 5) is 25.0. The normalized spacial score (nSPS) is 10.6. The lowest BCUT2D eigenvalue weighted by molar-refractivity contribution is 0.102. The fraction of sp³-hybridized carbons (Fsp3) is 0.0400. The molecule has 29 heavy (non-hydrogen) atoms. The summed E-state index contributed by atoms with van der Waals surface area (Å²) in [6, 6.07) is 23.7. The Balaban J connectivity index is 1.78. The molecule has 3 aromatic carbocycles. The van der Waals surface area contributed by atoms with Gasteiger partial charge in [-0.25, -0.2) is 4.79 Å². The minimum atomic E-state index is -0.387. The molecule has 4 nitrogen and oxygen atoms in total. The van der Waals surface area contributed by atoms with Gasteiger partial charge in [0.05, 0.1) is 5.39 Å². The number of anilines is 1. The number of fused-ring (bicyclic) bond motifs is 1. The predicted molar refractivity (Wildman–Crippen MR) is 116 cm³/mol. The smallest absolute Gasteiger partial charge is 0.344 e. The molecular formula is C25H19NO3. The molecule has 0 aliphatic rings. The van der Waals surface area contributed by atoms with Crippen LogP contribution in [0.3, 0.4) is 0 Å². The number of rotatable bonds is 5. The number of nitrogens with one attached hydrogen (secondary N) is 1. The number of allylic oxidation sites excluding steroid dienone is 1. The summed E-state index contributed by atoms with van der Waals surface area (Å²) in [5, 5.41) is 4.28. The van der Waals surface area contributed by atoms with Gasteiger partial charge in [-0.1, -0.05) is 54.6 Å². The van der Waals surface area contributed by atoms with Gasteiger partial charge < -0.3 is 9.73 Å². The van der Waals surface area contributed by atoms with Gasteiger partial charge >= 0.3 is 5.63 Å². The van der Waals surface area contributed by atoms with Crippen molar-refractivity contribution in [2.24, 2.45) is 0 Å². The van der Waals surface area contributed by atoms with Gasteiger partial charge in [-0.15, -0.1) is 6.58 Å². The highest BCUT2D eigenvalue weighted by Gasteiger charge is 2.15. The summed E-state index contributed by atoms with van der Waals surface area (Å²) >= 11 is 0. The van der Waals surface area contributed by atoms with Gasteiger partial charge in [0, 0.05) is 22.4 Å². The molecule has 1 aromatic heterocycles. The van der Waals surface area contributed by atoms with Gasteiger partial charge in [0.2, 0.25) is 0 Å². The first-order valence-electron chi connectivity index (χ1n) is 9.30. The number of benzene rings is 3. The van der Waals surface area contributed by atoms with Gasteiger partial charge in [-0.2, -0.15) is 0 Å². The zero-order valence-corrected chi connectivity index (χ0v) is 15.7. The van der Waals surface area contributed by atoms with E-state index in [1.165, 1.54) is 0 Å². The van der Waals surface area contributed by atoms with Crippen molar-refractivity contribution < 1.29 is 9.21 Å². The first-order chi connectivity index (χ1) is 14.2. The first-order valence-corrected chi connectivity index (χ1v) is 9.30. The minimum Gasteiger partial charge on any atom is -0.422 e. The van der Waals surface area contributed by atoms with E-state index in [2.05, 4.69) is 11.9 Å². The molecule has 1 amide bonds. The van der Waals surface area contributed by atoms with Crippen LogP contribution in [-0.2, 0) is 6.42 Å². The van der Waals surface area contributed by atoms with E-state index in [-0.39, 0.29) is 11.5 Å². The van der Waals surface area contributed by atoms with Crippen LogP contribution in [-0.4, -0.2) is 5.91 Å². The molecule has 0 bridgehead atoms. The van der Waals surface area contributed by atoms with Crippen molar-refractivity contribution in [2.75, 3.05) is 5.32 Å². The number of carbonyl (C=O) groups is 1. The Morgan fingerprint density at radius 2 is 1.66 bits per heavy atom. The van der Waals surface area contributed by atoms with E-state index >= 15 is 0 Å². The fourth-order valence-electron chi connectivity index (χ4n) is 3.37. The minimum absolute atomic E-state index is 0.200. The summed E-state index contributed by atoms with van der Waals surface area (Å²) in [5.74, 6) is 0.290. The Kier molecular flexibility index (Phi) is 5.08. The van der Waals surface area contributed by atoms with Crippen molar-refractivity contribution in [3.8, 4) is 11.3 Å². The first kappa shape index (κ1) is 18.4. The van der Waals surface area contributed by atoms with Crippen LogP contribution in [0.2, 0.25) is 0 Å². The summed E-state index contributed by atoms with van der Waals surface area (Å²) in [6.07, 6.45) is 2.34. The van der Waals surface area contributed by atoms with Gasteiger partial charge in [0.25, 0.3) is 5.91 Å².